The second-order valence-corrected chi connectivity index (χ2v) is 7.98. The molecule has 4 rings (SSSR count). The van der Waals surface area contributed by atoms with Gasteiger partial charge in [-0.1, -0.05) is 60.7 Å². The predicted molar refractivity (Wildman–Crippen MR) is 127 cm³/mol. The number of carbonyl (C=O) groups excluding carboxylic acids is 1. The van der Waals surface area contributed by atoms with Gasteiger partial charge in [0.1, 0.15) is 11.4 Å². The third-order valence-electron chi connectivity index (χ3n) is 6.14. The Balaban J connectivity index is 0.00000181. The summed E-state index contributed by atoms with van der Waals surface area (Å²) in [6, 6.07) is 25.4. The Morgan fingerprint density at radius 3 is 1.81 bits per heavy atom. The predicted octanol–water partition coefficient (Wildman–Crippen LogP) is 4.25. The molecule has 32 heavy (non-hydrogen) atoms. The summed E-state index contributed by atoms with van der Waals surface area (Å²) in [5.74, 6) is -0.289. The smallest absolute Gasteiger partial charge is 0.176 e. The monoisotopic (exact) mass is 457 g/mol. The first-order valence-electron chi connectivity index (χ1n) is 10.4. The average molecular weight is 458 g/mol. The Morgan fingerprint density at radius 1 is 0.875 bits per heavy atom. The number of aliphatic hydroxyl groups is 1. The van der Waals surface area contributed by atoms with Crippen LogP contribution in [0.2, 0.25) is 0 Å². The lowest BCUT2D eigenvalue weighted by atomic mass is 9.72. The Hall–Kier alpha value is -2.57. The van der Waals surface area contributed by atoms with Crippen LogP contribution < -0.4 is 0 Å². The summed E-state index contributed by atoms with van der Waals surface area (Å²) in [5, 5.41) is 11.9. The molecule has 0 saturated carbocycles. The van der Waals surface area contributed by atoms with Crippen LogP contribution in [-0.2, 0) is 5.60 Å². The van der Waals surface area contributed by atoms with Crippen molar-refractivity contribution in [3.05, 3.63) is 107 Å². The van der Waals surface area contributed by atoms with Crippen LogP contribution in [0.1, 0.15) is 34.3 Å². The van der Waals surface area contributed by atoms with Gasteiger partial charge in [0.15, 0.2) is 5.78 Å². The number of piperidine rings is 1. The molecule has 0 aromatic heterocycles. The summed E-state index contributed by atoms with van der Waals surface area (Å²) in [5.41, 5.74) is 1.27. The molecule has 0 amide bonds. The van der Waals surface area contributed by atoms with Crippen LogP contribution in [-0.4, -0.2) is 40.9 Å². The summed E-state index contributed by atoms with van der Waals surface area (Å²) in [6.07, 6.45) is 1.58. The molecule has 3 aromatic carbocycles. The molecule has 0 bridgehead atoms. The minimum atomic E-state index is -1.06. The van der Waals surface area contributed by atoms with E-state index in [1.165, 1.54) is 24.3 Å². The van der Waals surface area contributed by atoms with Crippen LogP contribution >= 0.6 is 12.4 Å². The molecule has 3 N–H and O–H groups in total. The van der Waals surface area contributed by atoms with Crippen molar-refractivity contribution < 1.29 is 19.8 Å². The maximum Gasteiger partial charge on any atom is 0.176 e. The van der Waals surface area contributed by atoms with Gasteiger partial charge in [-0.05, 0) is 67.2 Å². The largest absolute Gasteiger partial charge is 0.412 e. The van der Waals surface area contributed by atoms with Crippen molar-refractivity contribution in [2.45, 2.75) is 18.4 Å². The third-order valence-corrected chi connectivity index (χ3v) is 6.14. The zero-order valence-electron chi connectivity index (χ0n) is 17.8. The lowest BCUT2D eigenvalue weighted by Crippen LogP contribution is -2.45. The van der Waals surface area contributed by atoms with Gasteiger partial charge in [-0.2, -0.15) is 0 Å². The Bertz CT molecular complexity index is 935. The standard InChI is InChI=1S/C26H26FNO2.ClH.H2O/c27-24-13-11-20(12-14-24)25(29)19-28-17-15-23(16-18-28)26(30,21-7-3-1-4-8-21)22-9-5-2-6-10-22;;/h1-14,23,30H,15-19H2;1H;1H2. The first-order chi connectivity index (χ1) is 14.6. The van der Waals surface area contributed by atoms with E-state index in [9.17, 15) is 14.3 Å². The number of halogens is 2. The number of rotatable bonds is 6. The quantitative estimate of drug-likeness (QED) is 0.562. The normalized spacial score (nSPS) is 14.8. The molecule has 6 heteroatoms. The summed E-state index contributed by atoms with van der Waals surface area (Å²) in [7, 11) is 0. The number of hydrogen-bond donors (Lipinski definition) is 1. The first kappa shape index (κ1) is 25.7. The number of carbonyl (C=O) groups is 1. The van der Waals surface area contributed by atoms with E-state index < -0.39 is 5.60 Å². The van der Waals surface area contributed by atoms with Crippen molar-refractivity contribution in [2.75, 3.05) is 19.6 Å². The molecule has 1 fully saturated rings. The summed E-state index contributed by atoms with van der Waals surface area (Å²) in [4.78, 5) is 14.7. The second-order valence-electron chi connectivity index (χ2n) is 7.98. The van der Waals surface area contributed by atoms with Gasteiger partial charge in [0, 0.05) is 5.56 Å². The van der Waals surface area contributed by atoms with Gasteiger partial charge in [-0.15, -0.1) is 12.4 Å². The fourth-order valence-electron chi connectivity index (χ4n) is 4.46. The van der Waals surface area contributed by atoms with Gasteiger partial charge in [0.2, 0.25) is 0 Å². The summed E-state index contributed by atoms with van der Waals surface area (Å²) < 4.78 is 13.1. The number of nitrogens with zero attached hydrogens (tertiary/aromatic N) is 1. The Morgan fingerprint density at radius 2 is 1.34 bits per heavy atom. The Kier molecular flexibility index (Phi) is 9.10. The molecule has 1 aliphatic heterocycles. The van der Waals surface area contributed by atoms with E-state index >= 15 is 0 Å². The van der Waals surface area contributed by atoms with E-state index in [4.69, 9.17) is 0 Å². The van der Waals surface area contributed by atoms with Gasteiger partial charge in [0.25, 0.3) is 0 Å². The van der Waals surface area contributed by atoms with Crippen LogP contribution in [0, 0.1) is 11.7 Å². The molecule has 0 aliphatic carbocycles. The second kappa shape index (κ2) is 11.3. The summed E-state index contributed by atoms with van der Waals surface area (Å²) >= 11 is 0. The van der Waals surface area contributed by atoms with E-state index in [0.29, 0.717) is 12.1 Å². The first-order valence-corrected chi connectivity index (χ1v) is 10.4. The molecule has 0 radical (unpaired) electrons. The lowest BCUT2D eigenvalue weighted by Gasteiger charge is -2.42. The fraction of sp³-hybridized carbons (Fsp3) is 0.269. The van der Waals surface area contributed by atoms with Crippen LogP contribution in [0.3, 0.4) is 0 Å². The maximum atomic E-state index is 13.1. The Labute approximate surface area is 194 Å². The van der Waals surface area contributed by atoms with Crippen LogP contribution in [0.4, 0.5) is 4.39 Å². The highest BCUT2D eigenvalue weighted by Gasteiger charge is 2.41. The third kappa shape index (κ3) is 5.43. The van der Waals surface area contributed by atoms with Crippen LogP contribution in [0.5, 0.6) is 0 Å². The van der Waals surface area contributed by atoms with E-state index in [1.54, 1.807) is 0 Å². The highest BCUT2D eigenvalue weighted by atomic mass is 35.5. The molecule has 3 aromatic rings. The van der Waals surface area contributed by atoms with Gasteiger partial charge >= 0.3 is 0 Å². The molecule has 4 nitrogen and oxygen atoms in total. The van der Waals surface area contributed by atoms with Gasteiger partial charge in [-0.25, -0.2) is 4.39 Å². The van der Waals surface area contributed by atoms with E-state index in [2.05, 4.69) is 4.90 Å². The van der Waals surface area contributed by atoms with Crippen LogP contribution in [0.15, 0.2) is 84.9 Å². The van der Waals surface area contributed by atoms with Crippen molar-refractivity contribution in [2.24, 2.45) is 5.92 Å². The summed E-state index contributed by atoms with van der Waals surface area (Å²) in [6.45, 7) is 1.78. The molecule has 1 aliphatic rings. The lowest BCUT2D eigenvalue weighted by molar-refractivity contribution is -0.0133. The zero-order chi connectivity index (χ0) is 21.0. The average Bonchev–Trinajstić information content (AvgIpc) is 2.80. The van der Waals surface area contributed by atoms with Crippen molar-refractivity contribution in [1.29, 1.82) is 0 Å². The van der Waals surface area contributed by atoms with Gasteiger partial charge < -0.3 is 10.6 Å². The molecule has 0 atom stereocenters. The highest BCUT2D eigenvalue weighted by Crippen LogP contribution is 2.41. The maximum absolute atomic E-state index is 13.1. The van der Waals surface area contributed by atoms with E-state index in [1.807, 2.05) is 60.7 Å². The minimum Gasteiger partial charge on any atom is -0.412 e. The molecule has 0 unspecified atom stereocenters. The number of ketones is 1. The number of benzene rings is 3. The van der Waals surface area contributed by atoms with E-state index in [0.717, 1.165) is 37.1 Å². The van der Waals surface area contributed by atoms with Gasteiger partial charge in [0.05, 0.1) is 6.54 Å². The number of Topliss-reactive ketones (excluding diaryl/α,β-unsaturated/α-hetero) is 1. The SMILES string of the molecule is Cl.O.O=C(CN1CCC(C(O)(c2ccccc2)c2ccccc2)CC1)c1ccc(F)cc1. The van der Waals surface area contributed by atoms with Gasteiger partial charge in [-0.3, -0.25) is 9.69 Å². The van der Waals surface area contributed by atoms with Crippen molar-refractivity contribution in [1.82, 2.24) is 4.90 Å². The topological polar surface area (TPSA) is 72.0 Å². The molecule has 0 spiro atoms. The van der Waals surface area contributed by atoms with E-state index in [-0.39, 0.29) is 35.4 Å². The van der Waals surface area contributed by atoms with Crippen LogP contribution in [0.25, 0.3) is 0 Å². The molecule has 170 valence electrons. The molecule has 1 saturated heterocycles. The number of hydrogen-bond acceptors (Lipinski definition) is 3. The highest BCUT2D eigenvalue weighted by molar-refractivity contribution is 5.97. The van der Waals surface area contributed by atoms with Crippen molar-refractivity contribution >= 4 is 18.2 Å². The van der Waals surface area contributed by atoms with Crippen molar-refractivity contribution in [3.8, 4) is 0 Å². The van der Waals surface area contributed by atoms with Crippen molar-refractivity contribution in [3.63, 3.8) is 0 Å². The fourth-order valence-corrected chi connectivity index (χ4v) is 4.46. The minimum absolute atomic E-state index is 0. The molecular weight excluding hydrogens is 429 g/mol. The molecule has 1 heterocycles. The zero-order valence-corrected chi connectivity index (χ0v) is 18.6. The molecular formula is C26H29ClFNO3. The number of likely N-dealkylation sites (tertiary alicyclic amines) is 1.